The second-order valence-electron chi connectivity index (χ2n) is 7.91. The summed E-state index contributed by atoms with van der Waals surface area (Å²) in [5, 5.41) is 3.66. The first kappa shape index (κ1) is 24.2. The minimum absolute atomic E-state index is 0.00457. The molecular formula is C23H25N3O6S2. The van der Waals surface area contributed by atoms with E-state index in [9.17, 15) is 18.0 Å². The van der Waals surface area contributed by atoms with Crippen LogP contribution in [-0.4, -0.2) is 61.3 Å². The molecule has 1 aliphatic heterocycles. The lowest BCUT2D eigenvalue weighted by Crippen LogP contribution is -2.38. The van der Waals surface area contributed by atoms with Crippen molar-refractivity contribution in [3.05, 3.63) is 54.5 Å². The molecule has 11 heteroatoms. The van der Waals surface area contributed by atoms with Crippen LogP contribution < -0.4 is 4.31 Å². The van der Waals surface area contributed by atoms with Crippen LogP contribution in [0.4, 0.5) is 5.69 Å². The van der Waals surface area contributed by atoms with Crippen molar-refractivity contribution in [2.24, 2.45) is 0 Å². The second kappa shape index (κ2) is 10.6. The van der Waals surface area contributed by atoms with Gasteiger partial charge in [-0.2, -0.15) is 0 Å². The van der Waals surface area contributed by atoms with Crippen molar-refractivity contribution in [1.29, 1.82) is 0 Å². The van der Waals surface area contributed by atoms with Gasteiger partial charge in [0.15, 0.2) is 16.7 Å². The summed E-state index contributed by atoms with van der Waals surface area (Å²) in [6.07, 6.45) is 4.78. The molecule has 0 bridgehead atoms. The van der Waals surface area contributed by atoms with E-state index in [4.69, 9.17) is 8.94 Å². The summed E-state index contributed by atoms with van der Waals surface area (Å²) in [5.41, 5.74) is 1.27. The van der Waals surface area contributed by atoms with E-state index in [0.29, 0.717) is 23.5 Å². The number of furan rings is 1. The van der Waals surface area contributed by atoms with Gasteiger partial charge < -0.3 is 13.8 Å². The van der Waals surface area contributed by atoms with Crippen LogP contribution in [0.2, 0.25) is 0 Å². The van der Waals surface area contributed by atoms with Crippen LogP contribution >= 0.6 is 11.8 Å². The van der Waals surface area contributed by atoms with Gasteiger partial charge in [0.2, 0.25) is 0 Å². The van der Waals surface area contributed by atoms with E-state index in [2.05, 4.69) is 10.1 Å². The molecule has 3 aromatic rings. The third kappa shape index (κ3) is 5.60. The SMILES string of the molecule is CC(=O)SCC(=O)c1ccc(N(CCN2CCCC2)S(=O)(=O)c2coc(-c3ccon3)c2)cc1. The first-order valence-electron chi connectivity index (χ1n) is 10.9. The molecule has 0 saturated carbocycles. The summed E-state index contributed by atoms with van der Waals surface area (Å²) >= 11 is 0.947. The van der Waals surface area contributed by atoms with Gasteiger partial charge >= 0.3 is 0 Å². The van der Waals surface area contributed by atoms with Crippen molar-refractivity contribution >= 4 is 38.4 Å². The molecule has 1 fully saturated rings. The fraction of sp³-hybridized carbons (Fsp3) is 0.348. The van der Waals surface area contributed by atoms with Gasteiger partial charge in [0.25, 0.3) is 10.0 Å². The van der Waals surface area contributed by atoms with Gasteiger partial charge in [-0.3, -0.25) is 13.9 Å². The molecule has 180 valence electrons. The number of thioether (sulfide) groups is 1. The van der Waals surface area contributed by atoms with Crippen molar-refractivity contribution < 1.29 is 26.9 Å². The average molecular weight is 504 g/mol. The Labute approximate surface area is 202 Å². The van der Waals surface area contributed by atoms with E-state index in [1.165, 1.54) is 29.8 Å². The van der Waals surface area contributed by atoms with Crippen molar-refractivity contribution in [3.63, 3.8) is 0 Å². The van der Waals surface area contributed by atoms with E-state index < -0.39 is 10.0 Å². The number of nitrogens with zero attached hydrogens (tertiary/aromatic N) is 3. The van der Waals surface area contributed by atoms with Gasteiger partial charge in [-0.15, -0.1) is 0 Å². The Morgan fingerprint density at radius 3 is 2.53 bits per heavy atom. The normalized spacial score (nSPS) is 14.4. The average Bonchev–Trinajstić information content (AvgIpc) is 3.60. The Balaban J connectivity index is 1.59. The van der Waals surface area contributed by atoms with Crippen molar-refractivity contribution in [2.45, 2.75) is 24.7 Å². The van der Waals surface area contributed by atoms with Gasteiger partial charge in [-0.25, -0.2) is 8.42 Å². The Kier molecular flexibility index (Phi) is 7.54. The molecule has 0 aliphatic carbocycles. The van der Waals surface area contributed by atoms with E-state index >= 15 is 0 Å². The molecule has 0 unspecified atom stereocenters. The zero-order valence-corrected chi connectivity index (χ0v) is 20.3. The number of hydrogen-bond acceptors (Lipinski definition) is 9. The molecule has 1 aliphatic rings. The molecular weight excluding hydrogens is 478 g/mol. The highest BCUT2D eigenvalue weighted by atomic mass is 32.2. The third-order valence-corrected chi connectivity index (χ3v) is 8.15. The number of carbonyl (C=O) groups is 2. The number of Topliss-reactive ketones (excluding diaryl/α,β-unsaturated/α-hetero) is 1. The largest absolute Gasteiger partial charge is 0.461 e. The second-order valence-corrected chi connectivity index (χ2v) is 10.9. The molecule has 9 nitrogen and oxygen atoms in total. The quantitative estimate of drug-likeness (QED) is 0.382. The Morgan fingerprint density at radius 1 is 1.15 bits per heavy atom. The zero-order chi connectivity index (χ0) is 24.1. The number of aromatic nitrogens is 1. The van der Waals surface area contributed by atoms with Crippen LogP contribution in [0.5, 0.6) is 0 Å². The van der Waals surface area contributed by atoms with Crippen LogP contribution in [-0.2, 0) is 14.8 Å². The molecule has 0 amide bonds. The minimum Gasteiger partial charge on any atom is -0.461 e. The number of carbonyl (C=O) groups excluding carboxylic acids is 2. The molecule has 4 rings (SSSR count). The van der Waals surface area contributed by atoms with Gasteiger partial charge in [-0.1, -0.05) is 16.9 Å². The monoisotopic (exact) mass is 503 g/mol. The predicted molar refractivity (Wildman–Crippen MR) is 128 cm³/mol. The third-order valence-electron chi connectivity index (χ3n) is 5.56. The molecule has 2 aromatic heterocycles. The number of ketones is 1. The molecule has 0 N–H and O–H groups in total. The number of likely N-dealkylation sites (tertiary alicyclic amines) is 1. The molecule has 0 radical (unpaired) electrons. The fourth-order valence-electron chi connectivity index (χ4n) is 3.75. The van der Waals surface area contributed by atoms with E-state index in [0.717, 1.165) is 37.7 Å². The van der Waals surface area contributed by atoms with Crippen molar-refractivity contribution in [2.75, 3.05) is 36.2 Å². The molecule has 0 atom stereocenters. The molecule has 34 heavy (non-hydrogen) atoms. The minimum atomic E-state index is -3.95. The van der Waals surface area contributed by atoms with Gasteiger partial charge in [-0.05, 0) is 50.2 Å². The summed E-state index contributed by atoms with van der Waals surface area (Å²) in [4.78, 5) is 25.7. The Bertz CT molecular complexity index is 1230. The van der Waals surface area contributed by atoms with Crippen LogP contribution in [0.3, 0.4) is 0 Å². The number of rotatable bonds is 10. The van der Waals surface area contributed by atoms with Gasteiger partial charge in [0.05, 0.1) is 11.4 Å². The van der Waals surface area contributed by atoms with Crippen LogP contribution in [0.15, 0.2) is 62.8 Å². The standard InChI is InChI=1S/C23H25N3O6S2/c1-17(27)33-16-22(28)18-4-6-19(7-5-18)26(12-11-25-9-2-3-10-25)34(29,30)20-14-23(31-15-20)21-8-13-32-24-21/h4-8,13-15H,2-3,9-12,16H2,1H3. The highest BCUT2D eigenvalue weighted by Gasteiger charge is 2.28. The van der Waals surface area contributed by atoms with E-state index in [1.807, 2.05) is 0 Å². The number of benzene rings is 1. The highest BCUT2D eigenvalue weighted by Crippen LogP contribution is 2.29. The highest BCUT2D eigenvalue weighted by molar-refractivity contribution is 8.14. The molecule has 1 saturated heterocycles. The number of hydrogen-bond donors (Lipinski definition) is 0. The number of anilines is 1. The first-order chi connectivity index (χ1) is 16.3. The summed E-state index contributed by atoms with van der Waals surface area (Å²) in [6.45, 7) is 4.13. The zero-order valence-electron chi connectivity index (χ0n) is 18.7. The predicted octanol–water partition coefficient (Wildman–Crippen LogP) is 3.69. The van der Waals surface area contributed by atoms with E-state index in [1.54, 1.807) is 30.3 Å². The fourth-order valence-corrected chi connectivity index (χ4v) is 5.65. The van der Waals surface area contributed by atoms with Crippen LogP contribution in [0.1, 0.15) is 30.1 Å². The summed E-state index contributed by atoms with van der Waals surface area (Å²) < 4.78 is 38.8. The molecule has 0 spiro atoms. The van der Waals surface area contributed by atoms with Crippen LogP contribution in [0, 0.1) is 0 Å². The topological polar surface area (TPSA) is 114 Å². The molecule has 3 heterocycles. The maximum atomic E-state index is 13.6. The number of sulfonamides is 1. The smallest absolute Gasteiger partial charge is 0.267 e. The van der Waals surface area contributed by atoms with Crippen molar-refractivity contribution in [1.82, 2.24) is 10.1 Å². The lowest BCUT2D eigenvalue weighted by atomic mass is 10.1. The van der Waals surface area contributed by atoms with Gasteiger partial charge in [0, 0.05) is 37.7 Å². The summed E-state index contributed by atoms with van der Waals surface area (Å²) in [6, 6.07) is 9.42. The van der Waals surface area contributed by atoms with E-state index in [-0.39, 0.29) is 33.9 Å². The lowest BCUT2D eigenvalue weighted by molar-refractivity contribution is -0.109. The maximum absolute atomic E-state index is 13.6. The Hall–Kier alpha value is -2.89. The van der Waals surface area contributed by atoms with Crippen molar-refractivity contribution in [3.8, 4) is 11.5 Å². The summed E-state index contributed by atoms with van der Waals surface area (Å²) in [5.74, 6) is 0.145. The lowest BCUT2D eigenvalue weighted by Gasteiger charge is -2.26. The molecule has 1 aromatic carbocycles. The van der Waals surface area contributed by atoms with Gasteiger partial charge in [0.1, 0.15) is 23.1 Å². The van der Waals surface area contributed by atoms with Crippen LogP contribution in [0.25, 0.3) is 11.5 Å². The maximum Gasteiger partial charge on any atom is 0.267 e. The summed E-state index contributed by atoms with van der Waals surface area (Å²) in [7, 11) is -3.95. The first-order valence-corrected chi connectivity index (χ1v) is 13.3. The Morgan fingerprint density at radius 2 is 1.88 bits per heavy atom.